The fraction of sp³-hybridized carbons (Fsp3) is 0.391. The second-order valence-electron chi connectivity index (χ2n) is 7.20. The summed E-state index contributed by atoms with van der Waals surface area (Å²) >= 11 is 0. The maximum atomic E-state index is 12.4. The van der Waals surface area contributed by atoms with Gasteiger partial charge >= 0.3 is 0 Å². The van der Waals surface area contributed by atoms with Crippen molar-refractivity contribution in [2.45, 2.75) is 32.1 Å². The highest BCUT2D eigenvalue weighted by atomic mass is 16.2. The van der Waals surface area contributed by atoms with Crippen molar-refractivity contribution in [1.82, 2.24) is 10.2 Å². The van der Waals surface area contributed by atoms with Gasteiger partial charge in [0.05, 0.1) is 6.42 Å². The van der Waals surface area contributed by atoms with Crippen molar-refractivity contribution in [3.05, 3.63) is 71.8 Å². The molecule has 0 bridgehead atoms. The van der Waals surface area contributed by atoms with Crippen LogP contribution in [0.3, 0.4) is 0 Å². The molecule has 1 aliphatic rings. The van der Waals surface area contributed by atoms with E-state index in [0.29, 0.717) is 26.1 Å². The number of likely N-dealkylation sites (tertiary alicyclic amines) is 1. The molecule has 4 nitrogen and oxygen atoms in total. The Morgan fingerprint density at radius 3 is 2.11 bits per heavy atom. The Bertz CT molecular complexity index is 723. The zero-order valence-corrected chi connectivity index (χ0v) is 15.8. The van der Waals surface area contributed by atoms with Crippen molar-refractivity contribution in [2.24, 2.45) is 5.92 Å². The van der Waals surface area contributed by atoms with Gasteiger partial charge in [0, 0.05) is 25.6 Å². The summed E-state index contributed by atoms with van der Waals surface area (Å²) < 4.78 is 0. The van der Waals surface area contributed by atoms with Crippen LogP contribution in [0.25, 0.3) is 0 Å². The van der Waals surface area contributed by atoms with Gasteiger partial charge in [0.2, 0.25) is 11.8 Å². The van der Waals surface area contributed by atoms with Crippen LogP contribution in [0.5, 0.6) is 0 Å². The summed E-state index contributed by atoms with van der Waals surface area (Å²) in [6.45, 7) is 2.06. The number of carbonyl (C=O) groups is 2. The minimum Gasteiger partial charge on any atom is -0.356 e. The SMILES string of the molecule is O=C(NCCCc1ccccc1)C1CCN(C(=O)Cc2ccccc2)CC1. The van der Waals surface area contributed by atoms with Crippen molar-refractivity contribution in [2.75, 3.05) is 19.6 Å². The Morgan fingerprint density at radius 1 is 0.889 bits per heavy atom. The first-order chi connectivity index (χ1) is 13.2. The first-order valence-electron chi connectivity index (χ1n) is 9.86. The van der Waals surface area contributed by atoms with Crippen LogP contribution in [-0.4, -0.2) is 36.3 Å². The lowest BCUT2D eigenvalue weighted by atomic mass is 9.95. The molecule has 2 amide bonds. The summed E-state index contributed by atoms with van der Waals surface area (Å²) in [6, 6.07) is 20.2. The topological polar surface area (TPSA) is 49.4 Å². The molecule has 0 saturated carbocycles. The maximum absolute atomic E-state index is 12.4. The van der Waals surface area contributed by atoms with E-state index in [1.165, 1.54) is 5.56 Å². The largest absolute Gasteiger partial charge is 0.356 e. The number of hydrogen-bond acceptors (Lipinski definition) is 2. The Balaban J connectivity index is 1.34. The van der Waals surface area contributed by atoms with Gasteiger partial charge in [-0.25, -0.2) is 0 Å². The predicted molar refractivity (Wildman–Crippen MR) is 107 cm³/mol. The lowest BCUT2D eigenvalue weighted by Crippen LogP contribution is -2.43. The third kappa shape index (κ3) is 5.95. The smallest absolute Gasteiger partial charge is 0.226 e. The fourth-order valence-electron chi connectivity index (χ4n) is 3.57. The van der Waals surface area contributed by atoms with Crippen LogP contribution in [-0.2, 0) is 22.4 Å². The van der Waals surface area contributed by atoms with Gasteiger partial charge in [0.15, 0.2) is 0 Å². The molecule has 4 heteroatoms. The van der Waals surface area contributed by atoms with E-state index in [-0.39, 0.29) is 17.7 Å². The number of hydrogen-bond donors (Lipinski definition) is 1. The van der Waals surface area contributed by atoms with E-state index in [2.05, 4.69) is 17.4 Å². The van der Waals surface area contributed by atoms with Crippen LogP contribution in [0.15, 0.2) is 60.7 Å². The highest BCUT2D eigenvalue weighted by Gasteiger charge is 2.26. The lowest BCUT2D eigenvalue weighted by Gasteiger charge is -2.31. The maximum Gasteiger partial charge on any atom is 0.226 e. The number of carbonyl (C=O) groups excluding carboxylic acids is 2. The third-order valence-electron chi connectivity index (χ3n) is 5.20. The molecule has 1 aliphatic heterocycles. The molecule has 2 aromatic carbocycles. The molecule has 1 fully saturated rings. The van der Waals surface area contributed by atoms with E-state index >= 15 is 0 Å². The van der Waals surface area contributed by atoms with Crippen LogP contribution in [0.4, 0.5) is 0 Å². The highest BCUT2D eigenvalue weighted by Crippen LogP contribution is 2.18. The molecular formula is C23H28N2O2. The summed E-state index contributed by atoms with van der Waals surface area (Å²) in [5, 5.41) is 3.06. The number of amides is 2. The quantitative estimate of drug-likeness (QED) is 0.767. The Hall–Kier alpha value is -2.62. The van der Waals surface area contributed by atoms with E-state index in [0.717, 1.165) is 31.2 Å². The van der Waals surface area contributed by atoms with Gasteiger partial charge in [-0.05, 0) is 36.8 Å². The standard InChI is InChI=1S/C23H28N2O2/c26-22(18-20-10-5-2-6-11-20)25-16-13-21(14-17-25)23(27)24-15-7-12-19-8-3-1-4-9-19/h1-6,8-11,21H,7,12-18H2,(H,24,27). The van der Waals surface area contributed by atoms with Gasteiger partial charge in [-0.1, -0.05) is 60.7 Å². The molecule has 0 aromatic heterocycles. The van der Waals surface area contributed by atoms with Crippen molar-refractivity contribution < 1.29 is 9.59 Å². The lowest BCUT2D eigenvalue weighted by molar-refractivity contribution is -0.135. The Morgan fingerprint density at radius 2 is 1.48 bits per heavy atom. The van der Waals surface area contributed by atoms with E-state index in [9.17, 15) is 9.59 Å². The van der Waals surface area contributed by atoms with E-state index < -0.39 is 0 Å². The van der Waals surface area contributed by atoms with Gasteiger partial charge < -0.3 is 10.2 Å². The molecule has 0 unspecified atom stereocenters. The third-order valence-corrected chi connectivity index (χ3v) is 5.20. The first kappa shape index (κ1) is 19.2. The molecule has 1 N–H and O–H groups in total. The van der Waals surface area contributed by atoms with Crippen molar-refractivity contribution in [1.29, 1.82) is 0 Å². The Labute approximate surface area is 161 Å². The van der Waals surface area contributed by atoms with Crippen LogP contribution in [0.1, 0.15) is 30.4 Å². The molecule has 0 aliphatic carbocycles. The van der Waals surface area contributed by atoms with Crippen LogP contribution in [0, 0.1) is 5.92 Å². The minimum atomic E-state index is 0.0301. The summed E-state index contributed by atoms with van der Waals surface area (Å²) in [7, 11) is 0. The molecule has 27 heavy (non-hydrogen) atoms. The molecule has 2 aromatic rings. The summed E-state index contributed by atoms with van der Waals surface area (Å²) in [4.78, 5) is 26.7. The average Bonchev–Trinajstić information content (AvgIpc) is 2.72. The van der Waals surface area contributed by atoms with Gasteiger partial charge in [-0.2, -0.15) is 0 Å². The molecule has 3 rings (SSSR count). The summed E-state index contributed by atoms with van der Waals surface area (Å²) in [5.74, 6) is 0.323. The molecule has 1 saturated heterocycles. The number of aryl methyl sites for hydroxylation is 1. The van der Waals surface area contributed by atoms with Crippen molar-refractivity contribution in [3.8, 4) is 0 Å². The number of benzene rings is 2. The molecular weight excluding hydrogens is 336 g/mol. The van der Waals surface area contributed by atoms with Crippen LogP contribution in [0.2, 0.25) is 0 Å². The van der Waals surface area contributed by atoms with Crippen LogP contribution >= 0.6 is 0 Å². The number of nitrogens with zero attached hydrogens (tertiary/aromatic N) is 1. The zero-order valence-electron chi connectivity index (χ0n) is 15.8. The van der Waals surface area contributed by atoms with Gasteiger partial charge in [-0.15, -0.1) is 0 Å². The molecule has 142 valence electrons. The average molecular weight is 364 g/mol. The molecule has 0 atom stereocenters. The van der Waals surface area contributed by atoms with Gasteiger partial charge in [-0.3, -0.25) is 9.59 Å². The number of piperidine rings is 1. The fourth-order valence-corrected chi connectivity index (χ4v) is 3.57. The highest BCUT2D eigenvalue weighted by molar-refractivity contribution is 5.81. The van der Waals surface area contributed by atoms with Crippen molar-refractivity contribution in [3.63, 3.8) is 0 Å². The number of rotatable bonds is 7. The molecule has 0 spiro atoms. The first-order valence-corrected chi connectivity index (χ1v) is 9.86. The summed E-state index contributed by atoms with van der Waals surface area (Å²) in [6.07, 6.45) is 3.88. The molecule has 1 heterocycles. The van der Waals surface area contributed by atoms with Crippen molar-refractivity contribution >= 4 is 11.8 Å². The predicted octanol–water partition coefficient (Wildman–Crippen LogP) is 3.22. The van der Waals surface area contributed by atoms with Gasteiger partial charge in [0.25, 0.3) is 0 Å². The summed E-state index contributed by atoms with van der Waals surface area (Å²) in [5.41, 5.74) is 2.35. The second kappa shape index (κ2) is 9.91. The van der Waals surface area contributed by atoms with E-state index in [4.69, 9.17) is 0 Å². The Kier molecular flexibility index (Phi) is 7.03. The monoisotopic (exact) mass is 364 g/mol. The minimum absolute atomic E-state index is 0.0301. The van der Waals surface area contributed by atoms with Crippen LogP contribution < -0.4 is 5.32 Å². The second-order valence-corrected chi connectivity index (χ2v) is 7.20. The van der Waals surface area contributed by atoms with Gasteiger partial charge in [0.1, 0.15) is 0 Å². The van der Waals surface area contributed by atoms with E-state index in [1.54, 1.807) is 0 Å². The normalized spacial score (nSPS) is 14.7. The van der Waals surface area contributed by atoms with E-state index in [1.807, 2.05) is 53.4 Å². The zero-order chi connectivity index (χ0) is 18.9. The molecule has 0 radical (unpaired) electrons. The number of nitrogens with one attached hydrogen (secondary N) is 1.